The highest BCUT2D eigenvalue weighted by molar-refractivity contribution is 7.89. The molecule has 0 saturated carbocycles. The molecule has 4 rings (SSSR count). The highest BCUT2D eigenvalue weighted by Gasteiger charge is 2.25. The normalized spacial score (nSPS) is 23.0. The predicted octanol–water partition coefficient (Wildman–Crippen LogP) is 2.29. The molecule has 2 unspecified atom stereocenters. The van der Waals surface area contributed by atoms with Gasteiger partial charge in [0.2, 0.25) is 10.0 Å². The number of ether oxygens (including phenoxy) is 1. The van der Waals surface area contributed by atoms with Gasteiger partial charge < -0.3 is 10.1 Å². The highest BCUT2D eigenvalue weighted by Crippen LogP contribution is 2.35. The molecule has 1 aromatic heterocycles. The molecule has 1 aliphatic carbocycles. The van der Waals surface area contributed by atoms with Crippen LogP contribution in [0.2, 0.25) is 0 Å². The molecule has 0 radical (unpaired) electrons. The molecule has 1 aliphatic heterocycles. The molecule has 0 bridgehead atoms. The number of sulfonamides is 1. The summed E-state index contributed by atoms with van der Waals surface area (Å²) < 4.78 is 30.9. The Hall–Kier alpha value is -1.90. The molecule has 8 heteroatoms. The van der Waals surface area contributed by atoms with Crippen LogP contribution in [-0.2, 0) is 21.2 Å². The summed E-state index contributed by atoms with van der Waals surface area (Å²) in [7, 11) is -3.71. The SMILES string of the molecule is Cc1c(NC2CCCc3ccc(S(N)(=O)=O)cc32)cnn1C1CCOC1. The van der Waals surface area contributed by atoms with Crippen molar-refractivity contribution in [3.05, 3.63) is 41.2 Å². The second-order valence-electron chi connectivity index (χ2n) is 7.10. The zero-order valence-electron chi connectivity index (χ0n) is 14.8. The Balaban J connectivity index is 1.62. The molecular weight excluding hydrogens is 352 g/mol. The molecule has 7 nitrogen and oxygen atoms in total. The summed E-state index contributed by atoms with van der Waals surface area (Å²) >= 11 is 0. The summed E-state index contributed by atoms with van der Waals surface area (Å²) in [6, 6.07) is 5.54. The van der Waals surface area contributed by atoms with E-state index in [9.17, 15) is 8.42 Å². The minimum absolute atomic E-state index is 0.0524. The smallest absolute Gasteiger partial charge is 0.238 e. The number of nitrogens with two attached hydrogens (primary N) is 1. The molecule has 26 heavy (non-hydrogen) atoms. The lowest BCUT2D eigenvalue weighted by Gasteiger charge is -2.27. The Labute approximate surface area is 153 Å². The van der Waals surface area contributed by atoms with E-state index in [1.165, 1.54) is 5.56 Å². The molecule has 3 N–H and O–H groups in total. The van der Waals surface area contributed by atoms with Gasteiger partial charge in [-0.3, -0.25) is 4.68 Å². The quantitative estimate of drug-likeness (QED) is 0.853. The first kappa shape index (κ1) is 17.5. The molecule has 140 valence electrons. The molecule has 1 aromatic carbocycles. The third kappa shape index (κ3) is 3.24. The number of aromatic nitrogens is 2. The van der Waals surface area contributed by atoms with E-state index in [0.717, 1.165) is 49.2 Å². The first-order valence-corrected chi connectivity index (χ1v) is 10.5. The highest BCUT2D eigenvalue weighted by atomic mass is 32.2. The van der Waals surface area contributed by atoms with E-state index in [2.05, 4.69) is 17.3 Å². The standard InChI is InChI=1S/C18H24N4O3S/c1-12-18(10-20-22(12)14-7-8-25-11-14)21-17-4-2-3-13-5-6-15(9-16(13)17)26(19,23)24/h5-6,9-10,14,17,21H,2-4,7-8,11H2,1H3,(H2,19,23,24). The second kappa shape index (κ2) is 6.68. The van der Waals surface area contributed by atoms with Gasteiger partial charge >= 0.3 is 0 Å². The van der Waals surface area contributed by atoms with Crippen molar-refractivity contribution in [2.75, 3.05) is 18.5 Å². The van der Waals surface area contributed by atoms with Gasteiger partial charge in [-0.2, -0.15) is 5.10 Å². The molecule has 2 aliphatic rings. The number of fused-ring (bicyclic) bond motifs is 1. The Morgan fingerprint density at radius 3 is 2.92 bits per heavy atom. The summed E-state index contributed by atoms with van der Waals surface area (Å²) in [5.74, 6) is 0. The lowest BCUT2D eigenvalue weighted by atomic mass is 9.87. The molecule has 1 saturated heterocycles. The summed E-state index contributed by atoms with van der Waals surface area (Å²) in [6.07, 6.45) is 5.79. The fourth-order valence-corrected chi connectivity index (χ4v) is 4.49. The Morgan fingerprint density at radius 1 is 1.35 bits per heavy atom. The maximum atomic E-state index is 11.7. The van der Waals surface area contributed by atoms with Gasteiger partial charge in [0, 0.05) is 6.61 Å². The van der Waals surface area contributed by atoms with E-state index in [1.807, 2.05) is 16.9 Å². The summed E-state index contributed by atoms with van der Waals surface area (Å²) in [5.41, 5.74) is 4.25. The predicted molar refractivity (Wildman–Crippen MR) is 98.6 cm³/mol. The van der Waals surface area contributed by atoms with Crippen LogP contribution < -0.4 is 10.5 Å². The molecule has 0 spiro atoms. The van der Waals surface area contributed by atoms with Crippen LogP contribution in [0.15, 0.2) is 29.3 Å². The van der Waals surface area contributed by atoms with Crippen LogP contribution in [0, 0.1) is 6.92 Å². The van der Waals surface area contributed by atoms with Gasteiger partial charge in [-0.1, -0.05) is 6.07 Å². The minimum Gasteiger partial charge on any atom is -0.379 e. The molecule has 1 fully saturated rings. The van der Waals surface area contributed by atoms with Gasteiger partial charge in [-0.15, -0.1) is 0 Å². The average molecular weight is 376 g/mol. The minimum atomic E-state index is -3.71. The maximum absolute atomic E-state index is 11.7. The van der Waals surface area contributed by atoms with Crippen molar-refractivity contribution < 1.29 is 13.2 Å². The molecular formula is C18H24N4O3S. The molecule has 0 amide bonds. The second-order valence-corrected chi connectivity index (χ2v) is 8.66. The summed E-state index contributed by atoms with van der Waals surface area (Å²) in [6.45, 7) is 3.53. The van der Waals surface area contributed by atoms with Crippen LogP contribution in [0.5, 0.6) is 0 Å². The number of nitrogens with zero attached hydrogens (tertiary/aromatic N) is 2. The van der Waals surface area contributed by atoms with Crippen LogP contribution in [0.25, 0.3) is 0 Å². The van der Waals surface area contributed by atoms with E-state index in [0.29, 0.717) is 6.61 Å². The number of hydrogen-bond donors (Lipinski definition) is 2. The van der Waals surface area contributed by atoms with Crippen molar-refractivity contribution >= 4 is 15.7 Å². The molecule has 2 aromatic rings. The van der Waals surface area contributed by atoms with E-state index >= 15 is 0 Å². The first-order valence-electron chi connectivity index (χ1n) is 8.97. The van der Waals surface area contributed by atoms with E-state index < -0.39 is 10.0 Å². The number of nitrogens with one attached hydrogen (secondary N) is 1. The Bertz CT molecular complexity index is 917. The van der Waals surface area contributed by atoms with Gasteiger partial charge in [-0.25, -0.2) is 13.6 Å². The van der Waals surface area contributed by atoms with E-state index in [1.54, 1.807) is 12.1 Å². The van der Waals surface area contributed by atoms with Gasteiger partial charge in [0.1, 0.15) is 0 Å². The van der Waals surface area contributed by atoms with E-state index in [4.69, 9.17) is 9.88 Å². The maximum Gasteiger partial charge on any atom is 0.238 e. The summed E-state index contributed by atoms with van der Waals surface area (Å²) in [5, 5.41) is 13.4. The number of anilines is 1. The number of benzene rings is 1. The molecule has 2 atom stereocenters. The van der Waals surface area contributed by atoms with Crippen molar-refractivity contribution in [3.8, 4) is 0 Å². The Kier molecular flexibility index (Phi) is 4.50. The number of aryl methyl sites for hydroxylation is 1. The van der Waals surface area contributed by atoms with Crippen molar-refractivity contribution in [2.24, 2.45) is 5.14 Å². The van der Waals surface area contributed by atoms with Crippen LogP contribution in [0.3, 0.4) is 0 Å². The van der Waals surface area contributed by atoms with Crippen molar-refractivity contribution in [1.29, 1.82) is 0 Å². The topological polar surface area (TPSA) is 99.2 Å². The van der Waals surface area contributed by atoms with Crippen LogP contribution in [0.1, 0.15) is 48.2 Å². The van der Waals surface area contributed by atoms with Gasteiger partial charge in [0.15, 0.2) is 0 Å². The summed E-state index contributed by atoms with van der Waals surface area (Å²) in [4.78, 5) is 0.167. The average Bonchev–Trinajstić information content (AvgIpc) is 3.24. The fraction of sp³-hybridized carbons (Fsp3) is 0.500. The van der Waals surface area contributed by atoms with Crippen molar-refractivity contribution in [1.82, 2.24) is 9.78 Å². The monoisotopic (exact) mass is 376 g/mol. The third-order valence-electron chi connectivity index (χ3n) is 5.39. The first-order chi connectivity index (χ1) is 12.4. The largest absolute Gasteiger partial charge is 0.379 e. The Morgan fingerprint density at radius 2 is 2.19 bits per heavy atom. The zero-order valence-corrected chi connectivity index (χ0v) is 15.6. The number of hydrogen-bond acceptors (Lipinski definition) is 5. The van der Waals surface area contributed by atoms with Crippen molar-refractivity contribution in [2.45, 2.75) is 49.6 Å². The zero-order chi connectivity index (χ0) is 18.3. The lowest BCUT2D eigenvalue weighted by Crippen LogP contribution is -2.20. The lowest BCUT2D eigenvalue weighted by molar-refractivity contribution is 0.184. The van der Waals surface area contributed by atoms with Crippen LogP contribution in [-0.4, -0.2) is 31.4 Å². The van der Waals surface area contributed by atoms with Crippen LogP contribution in [0.4, 0.5) is 5.69 Å². The third-order valence-corrected chi connectivity index (χ3v) is 6.30. The molecule has 2 heterocycles. The van der Waals surface area contributed by atoms with E-state index in [-0.39, 0.29) is 17.0 Å². The number of primary sulfonamides is 1. The van der Waals surface area contributed by atoms with Gasteiger partial charge in [0.25, 0.3) is 0 Å². The van der Waals surface area contributed by atoms with Gasteiger partial charge in [-0.05, 0) is 55.9 Å². The fourth-order valence-electron chi connectivity index (χ4n) is 3.94. The van der Waals surface area contributed by atoms with Crippen molar-refractivity contribution in [3.63, 3.8) is 0 Å². The van der Waals surface area contributed by atoms with Gasteiger partial charge in [0.05, 0.1) is 41.2 Å². The number of rotatable bonds is 4. The van der Waals surface area contributed by atoms with Crippen LogP contribution >= 0.6 is 0 Å².